The maximum atomic E-state index is 5.41. The van der Waals surface area contributed by atoms with Crippen LogP contribution in [0.3, 0.4) is 0 Å². The summed E-state index contributed by atoms with van der Waals surface area (Å²) in [5.41, 5.74) is 16.9. The van der Waals surface area contributed by atoms with E-state index in [0.717, 1.165) is 0 Å². The SMILES string of the molecule is C=C1NC(N)=NC(N)=C1N. The van der Waals surface area contributed by atoms with Gasteiger partial charge in [0.05, 0.1) is 11.4 Å². The van der Waals surface area contributed by atoms with Crippen LogP contribution >= 0.6 is 0 Å². The van der Waals surface area contributed by atoms with Crippen molar-refractivity contribution in [2.45, 2.75) is 0 Å². The van der Waals surface area contributed by atoms with Crippen LogP contribution in [0.2, 0.25) is 0 Å². The normalized spacial score (nSPS) is 18.4. The lowest BCUT2D eigenvalue weighted by Crippen LogP contribution is -2.37. The second-order valence-corrected chi connectivity index (χ2v) is 1.90. The van der Waals surface area contributed by atoms with Crippen molar-refractivity contribution in [3.05, 3.63) is 23.8 Å². The first-order chi connectivity index (χ1) is 4.61. The molecule has 0 radical (unpaired) electrons. The van der Waals surface area contributed by atoms with Gasteiger partial charge in [-0.3, -0.25) is 0 Å². The fourth-order valence-corrected chi connectivity index (χ4v) is 0.594. The van der Waals surface area contributed by atoms with Crippen molar-refractivity contribution < 1.29 is 0 Å². The molecule has 54 valence electrons. The second kappa shape index (κ2) is 1.94. The predicted molar refractivity (Wildman–Crippen MR) is 39.3 cm³/mol. The Balaban J connectivity index is 3.03. The van der Waals surface area contributed by atoms with Crippen LogP contribution < -0.4 is 22.5 Å². The molecule has 10 heavy (non-hydrogen) atoms. The number of hydrogen-bond donors (Lipinski definition) is 4. The highest BCUT2D eigenvalue weighted by atomic mass is 15.2. The molecule has 0 atom stereocenters. The number of nitrogens with two attached hydrogens (primary N) is 3. The van der Waals surface area contributed by atoms with Crippen LogP contribution in [-0.2, 0) is 0 Å². The minimum Gasteiger partial charge on any atom is -0.394 e. The molecule has 0 aromatic carbocycles. The van der Waals surface area contributed by atoms with E-state index in [-0.39, 0.29) is 11.8 Å². The maximum Gasteiger partial charge on any atom is 0.199 e. The Hall–Kier alpha value is -1.65. The van der Waals surface area contributed by atoms with Crippen molar-refractivity contribution in [2.24, 2.45) is 22.2 Å². The first kappa shape index (κ1) is 6.47. The summed E-state index contributed by atoms with van der Waals surface area (Å²) >= 11 is 0. The number of rotatable bonds is 0. The highest BCUT2D eigenvalue weighted by Crippen LogP contribution is 2.05. The van der Waals surface area contributed by atoms with E-state index in [2.05, 4.69) is 16.9 Å². The van der Waals surface area contributed by atoms with Crippen LogP contribution in [-0.4, -0.2) is 5.96 Å². The number of nitrogens with one attached hydrogen (secondary N) is 1. The summed E-state index contributed by atoms with van der Waals surface area (Å²) in [7, 11) is 0. The van der Waals surface area contributed by atoms with E-state index >= 15 is 0 Å². The van der Waals surface area contributed by atoms with Crippen molar-refractivity contribution in [3.8, 4) is 0 Å². The van der Waals surface area contributed by atoms with Gasteiger partial charge in [0.25, 0.3) is 0 Å². The summed E-state index contributed by atoms with van der Waals surface area (Å²) < 4.78 is 0. The zero-order valence-electron chi connectivity index (χ0n) is 5.39. The third kappa shape index (κ3) is 0.883. The molecule has 5 heteroatoms. The van der Waals surface area contributed by atoms with Gasteiger partial charge in [-0.1, -0.05) is 6.58 Å². The third-order valence-corrected chi connectivity index (χ3v) is 1.12. The largest absolute Gasteiger partial charge is 0.394 e. The number of guanidine groups is 1. The summed E-state index contributed by atoms with van der Waals surface area (Å²) in [4.78, 5) is 3.67. The fraction of sp³-hybridized carbons (Fsp3) is 0. The van der Waals surface area contributed by atoms with Crippen molar-refractivity contribution in [1.82, 2.24) is 5.32 Å². The molecule has 0 aromatic rings. The first-order valence-corrected chi connectivity index (χ1v) is 2.67. The molecule has 0 aromatic heterocycles. The highest BCUT2D eigenvalue weighted by molar-refractivity contribution is 5.82. The van der Waals surface area contributed by atoms with Crippen LogP contribution in [0, 0.1) is 0 Å². The lowest BCUT2D eigenvalue weighted by Gasteiger charge is -2.14. The zero-order valence-corrected chi connectivity index (χ0v) is 5.39. The Kier molecular flexibility index (Phi) is 1.26. The average Bonchev–Trinajstić information content (AvgIpc) is 1.82. The molecule has 1 aliphatic rings. The molecule has 0 spiro atoms. The lowest BCUT2D eigenvalue weighted by molar-refractivity contribution is 0.987. The summed E-state index contributed by atoms with van der Waals surface area (Å²) in [5, 5.41) is 2.63. The minimum absolute atomic E-state index is 0.209. The molecule has 0 saturated heterocycles. The number of aliphatic imine (C=N–C) groups is 1. The Morgan fingerprint density at radius 2 is 1.90 bits per heavy atom. The summed E-state index contributed by atoms with van der Waals surface area (Å²) in [5.74, 6) is 0.429. The summed E-state index contributed by atoms with van der Waals surface area (Å²) in [6.07, 6.45) is 0. The molecule has 0 bridgehead atoms. The molecule has 1 rings (SSSR count). The Labute approximate surface area is 58.3 Å². The van der Waals surface area contributed by atoms with Gasteiger partial charge in [0.1, 0.15) is 0 Å². The Morgan fingerprint density at radius 1 is 1.30 bits per heavy atom. The molecule has 0 aliphatic carbocycles. The Bertz CT molecular complexity index is 236. The van der Waals surface area contributed by atoms with Crippen molar-refractivity contribution in [3.63, 3.8) is 0 Å². The standard InChI is InChI=1S/C5H9N5/c1-2-3(6)4(7)10-5(8)9-2/h1,6-7H2,(H3,8,9,10). The molecule has 0 saturated carbocycles. The molecule has 0 fully saturated rings. The van der Waals surface area contributed by atoms with Gasteiger partial charge in [0, 0.05) is 0 Å². The molecule has 0 unspecified atom stereocenters. The molecule has 7 N–H and O–H groups in total. The predicted octanol–water partition coefficient (Wildman–Crippen LogP) is -1.50. The van der Waals surface area contributed by atoms with Gasteiger partial charge in [-0.25, -0.2) is 0 Å². The second-order valence-electron chi connectivity index (χ2n) is 1.90. The van der Waals surface area contributed by atoms with E-state index < -0.39 is 0 Å². The summed E-state index contributed by atoms with van der Waals surface area (Å²) in [6, 6.07) is 0. The van der Waals surface area contributed by atoms with Gasteiger partial charge in [-0.05, 0) is 0 Å². The van der Waals surface area contributed by atoms with Crippen LogP contribution in [0.1, 0.15) is 0 Å². The monoisotopic (exact) mass is 139 g/mol. The van der Waals surface area contributed by atoms with Gasteiger partial charge in [-0.15, -0.1) is 0 Å². The van der Waals surface area contributed by atoms with Crippen LogP contribution in [0.5, 0.6) is 0 Å². The third-order valence-electron chi connectivity index (χ3n) is 1.12. The van der Waals surface area contributed by atoms with Gasteiger partial charge >= 0.3 is 0 Å². The van der Waals surface area contributed by atoms with E-state index in [1.165, 1.54) is 0 Å². The van der Waals surface area contributed by atoms with Gasteiger partial charge in [-0.2, -0.15) is 4.99 Å². The lowest BCUT2D eigenvalue weighted by atomic mass is 10.3. The van der Waals surface area contributed by atoms with Crippen molar-refractivity contribution >= 4 is 5.96 Å². The van der Waals surface area contributed by atoms with E-state index in [0.29, 0.717) is 11.4 Å². The van der Waals surface area contributed by atoms with E-state index in [1.54, 1.807) is 0 Å². The quantitative estimate of drug-likeness (QED) is 0.328. The van der Waals surface area contributed by atoms with Gasteiger partial charge in [0.2, 0.25) is 0 Å². The molecule has 5 nitrogen and oxygen atoms in total. The fourth-order valence-electron chi connectivity index (χ4n) is 0.594. The van der Waals surface area contributed by atoms with Crippen molar-refractivity contribution in [1.29, 1.82) is 0 Å². The zero-order chi connectivity index (χ0) is 7.72. The van der Waals surface area contributed by atoms with E-state index in [1.807, 2.05) is 0 Å². The number of hydrogen-bond acceptors (Lipinski definition) is 5. The molecule has 1 aliphatic heterocycles. The van der Waals surface area contributed by atoms with Gasteiger partial charge < -0.3 is 22.5 Å². The maximum absolute atomic E-state index is 5.41. The van der Waals surface area contributed by atoms with E-state index in [4.69, 9.17) is 17.2 Å². The molecular formula is C5H9N5. The average molecular weight is 139 g/mol. The van der Waals surface area contributed by atoms with Crippen molar-refractivity contribution in [2.75, 3.05) is 0 Å². The van der Waals surface area contributed by atoms with E-state index in [9.17, 15) is 0 Å². The van der Waals surface area contributed by atoms with Crippen LogP contribution in [0.4, 0.5) is 0 Å². The summed E-state index contributed by atoms with van der Waals surface area (Å²) in [6.45, 7) is 3.56. The molecule has 1 heterocycles. The highest BCUT2D eigenvalue weighted by Gasteiger charge is 2.09. The number of nitrogens with zero attached hydrogens (tertiary/aromatic N) is 1. The smallest absolute Gasteiger partial charge is 0.199 e. The van der Waals surface area contributed by atoms with Crippen LogP contribution in [0.25, 0.3) is 0 Å². The minimum atomic E-state index is 0.209. The first-order valence-electron chi connectivity index (χ1n) is 2.67. The topological polar surface area (TPSA) is 102 Å². The van der Waals surface area contributed by atoms with Gasteiger partial charge in [0.15, 0.2) is 11.8 Å². The molecule has 0 amide bonds. The Morgan fingerprint density at radius 3 is 2.40 bits per heavy atom. The molecular weight excluding hydrogens is 130 g/mol. The van der Waals surface area contributed by atoms with Crippen LogP contribution in [0.15, 0.2) is 28.8 Å².